The number of nitrogens with two attached hydrogens (primary N) is 2. The van der Waals surface area contributed by atoms with Gasteiger partial charge in [-0.3, -0.25) is 0 Å². The van der Waals surface area contributed by atoms with Gasteiger partial charge in [-0.05, 0) is 29.8 Å². The molecule has 3 aromatic rings. The lowest BCUT2D eigenvalue weighted by atomic mass is 9.99. The van der Waals surface area contributed by atoms with Crippen LogP contribution in [0.15, 0.2) is 77.8 Å². The fourth-order valence-corrected chi connectivity index (χ4v) is 3.02. The Labute approximate surface area is 152 Å². The molecule has 4 N–H and O–H groups in total. The third-order valence-corrected chi connectivity index (χ3v) is 4.53. The summed E-state index contributed by atoms with van der Waals surface area (Å²) in [7, 11) is 1.84. The zero-order chi connectivity index (χ0) is 18.1. The number of rotatable bonds is 3. The Hall–Kier alpha value is -3.31. The highest BCUT2D eigenvalue weighted by molar-refractivity contribution is 5.85. The lowest BCUT2D eigenvalue weighted by Crippen LogP contribution is -2.42. The summed E-state index contributed by atoms with van der Waals surface area (Å²) in [4.78, 5) is 6.24. The minimum atomic E-state index is -0.299. The van der Waals surface area contributed by atoms with E-state index in [2.05, 4.69) is 4.99 Å². The first-order valence-electron chi connectivity index (χ1n) is 8.42. The average Bonchev–Trinajstić information content (AvgIpc) is 2.67. The molecule has 130 valence electrons. The third-order valence-electron chi connectivity index (χ3n) is 4.53. The summed E-state index contributed by atoms with van der Waals surface area (Å²) in [5, 5.41) is 0. The monoisotopic (exact) mass is 344 g/mol. The molecule has 1 heterocycles. The Morgan fingerprint density at radius 2 is 1.69 bits per heavy atom. The van der Waals surface area contributed by atoms with E-state index in [9.17, 15) is 0 Å². The number of para-hydroxylation sites is 2. The van der Waals surface area contributed by atoms with Gasteiger partial charge in [-0.25, -0.2) is 4.99 Å². The summed E-state index contributed by atoms with van der Waals surface area (Å²) >= 11 is 0. The maximum Gasteiger partial charge on any atom is 0.197 e. The smallest absolute Gasteiger partial charge is 0.197 e. The van der Waals surface area contributed by atoms with E-state index >= 15 is 0 Å². The standard InChI is InChI=1S/C21H20N4O/c1-25-20(22)17-12-11-14(13-18(17)24-21(25)23)16-9-5-6-10-19(16)26-15-7-3-2-4-8-15/h2-13,20H,22H2,1H3,(H2,23,24). The summed E-state index contributed by atoms with van der Waals surface area (Å²) in [5.74, 6) is 1.99. The Morgan fingerprint density at radius 3 is 2.50 bits per heavy atom. The molecule has 1 atom stereocenters. The van der Waals surface area contributed by atoms with Crippen LogP contribution in [0, 0.1) is 0 Å². The average molecular weight is 344 g/mol. The van der Waals surface area contributed by atoms with Crippen molar-refractivity contribution in [3.05, 3.63) is 78.4 Å². The lowest BCUT2D eigenvalue weighted by Gasteiger charge is -2.31. The first kappa shape index (κ1) is 16.2. The summed E-state index contributed by atoms with van der Waals surface area (Å²) in [6.07, 6.45) is -0.299. The lowest BCUT2D eigenvalue weighted by molar-refractivity contribution is 0.375. The number of nitrogens with zero attached hydrogens (tertiary/aromatic N) is 2. The molecule has 0 amide bonds. The molecule has 0 fully saturated rings. The first-order valence-corrected chi connectivity index (χ1v) is 8.42. The van der Waals surface area contributed by atoms with Crippen LogP contribution in [-0.2, 0) is 0 Å². The van der Waals surface area contributed by atoms with Gasteiger partial charge >= 0.3 is 0 Å². The third kappa shape index (κ3) is 2.89. The highest BCUT2D eigenvalue weighted by atomic mass is 16.5. The Morgan fingerprint density at radius 1 is 0.962 bits per heavy atom. The van der Waals surface area contributed by atoms with Gasteiger partial charge in [0.05, 0.1) is 5.69 Å². The minimum absolute atomic E-state index is 0.299. The number of fused-ring (bicyclic) bond motifs is 1. The first-order chi connectivity index (χ1) is 12.6. The summed E-state index contributed by atoms with van der Waals surface area (Å²) < 4.78 is 6.07. The zero-order valence-electron chi connectivity index (χ0n) is 14.5. The molecule has 0 saturated carbocycles. The molecule has 0 aliphatic carbocycles. The minimum Gasteiger partial charge on any atom is -0.457 e. The molecule has 4 rings (SSSR count). The predicted molar refractivity (Wildman–Crippen MR) is 104 cm³/mol. The van der Waals surface area contributed by atoms with Crippen molar-refractivity contribution in [2.75, 3.05) is 7.05 Å². The van der Waals surface area contributed by atoms with Crippen LogP contribution in [-0.4, -0.2) is 17.9 Å². The van der Waals surface area contributed by atoms with E-state index in [1.54, 1.807) is 4.90 Å². The molecule has 0 saturated heterocycles. The van der Waals surface area contributed by atoms with Gasteiger partial charge in [-0.2, -0.15) is 0 Å². The highest BCUT2D eigenvalue weighted by Gasteiger charge is 2.23. The van der Waals surface area contributed by atoms with E-state index in [0.29, 0.717) is 5.96 Å². The molecule has 1 aliphatic rings. The van der Waals surface area contributed by atoms with Crippen molar-refractivity contribution in [2.24, 2.45) is 16.5 Å². The van der Waals surface area contributed by atoms with Gasteiger partial charge in [0.1, 0.15) is 17.7 Å². The molecule has 0 aromatic heterocycles. The van der Waals surface area contributed by atoms with Crippen molar-refractivity contribution in [1.82, 2.24) is 4.90 Å². The van der Waals surface area contributed by atoms with E-state index in [1.807, 2.05) is 79.8 Å². The molecular formula is C21H20N4O. The quantitative estimate of drug-likeness (QED) is 0.753. The highest BCUT2D eigenvalue weighted by Crippen LogP contribution is 2.38. The zero-order valence-corrected chi connectivity index (χ0v) is 14.5. The number of benzene rings is 3. The van der Waals surface area contributed by atoms with Gasteiger partial charge in [0.2, 0.25) is 0 Å². The van der Waals surface area contributed by atoms with Gasteiger partial charge in [-0.15, -0.1) is 0 Å². The molecule has 1 aliphatic heterocycles. The summed E-state index contributed by atoms with van der Waals surface area (Å²) in [5.41, 5.74) is 15.9. The second-order valence-corrected chi connectivity index (χ2v) is 6.21. The van der Waals surface area contributed by atoms with Crippen LogP contribution < -0.4 is 16.2 Å². The SMILES string of the molecule is CN1C(N)=Nc2cc(-c3ccccc3Oc3ccccc3)ccc2C1N. The maximum atomic E-state index is 6.24. The number of ether oxygens (including phenoxy) is 1. The van der Waals surface area contributed by atoms with Gasteiger partial charge in [0.25, 0.3) is 0 Å². The van der Waals surface area contributed by atoms with Gasteiger partial charge < -0.3 is 21.1 Å². The van der Waals surface area contributed by atoms with Crippen molar-refractivity contribution in [1.29, 1.82) is 0 Å². The topological polar surface area (TPSA) is 76.9 Å². The normalized spacial score (nSPS) is 16.0. The number of guanidine groups is 1. The Bertz CT molecular complexity index is 969. The fourth-order valence-electron chi connectivity index (χ4n) is 3.02. The molecule has 0 bridgehead atoms. The predicted octanol–water partition coefficient (Wildman–Crippen LogP) is 3.99. The van der Waals surface area contributed by atoms with E-state index in [4.69, 9.17) is 16.2 Å². The van der Waals surface area contributed by atoms with Gasteiger partial charge in [0.15, 0.2) is 5.96 Å². The van der Waals surface area contributed by atoms with Crippen LogP contribution in [0.2, 0.25) is 0 Å². The van der Waals surface area contributed by atoms with Crippen molar-refractivity contribution in [3.8, 4) is 22.6 Å². The van der Waals surface area contributed by atoms with Crippen molar-refractivity contribution in [3.63, 3.8) is 0 Å². The molecule has 1 unspecified atom stereocenters. The Kier molecular flexibility index (Phi) is 4.07. The maximum absolute atomic E-state index is 6.24. The van der Waals surface area contributed by atoms with Gasteiger partial charge in [0, 0.05) is 18.2 Å². The van der Waals surface area contributed by atoms with Crippen LogP contribution in [0.3, 0.4) is 0 Å². The van der Waals surface area contributed by atoms with Crippen LogP contribution >= 0.6 is 0 Å². The van der Waals surface area contributed by atoms with Crippen molar-refractivity contribution in [2.45, 2.75) is 6.17 Å². The Balaban J connectivity index is 1.75. The van der Waals surface area contributed by atoms with Crippen LogP contribution in [0.4, 0.5) is 5.69 Å². The molecule has 0 radical (unpaired) electrons. The largest absolute Gasteiger partial charge is 0.457 e. The van der Waals surface area contributed by atoms with Crippen LogP contribution in [0.5, 0.6) is 11.5 Å². The van der Waals surface area contributed by atoms with E-state index in [0.717, 1.165) is 33.9 Å². The molecule has 0 spiro atoms. The van der Waals surface area contributed by atoms with Gasteiger partial charge in [-0.1, -0.05) is 48.5 Å². The summed E-state index contributed by atoms with van der Waals surface area (Å²) in [6.45, 7) is 0. The molecule has 26 heavy (non-hydrogen) atoms. The van der Waals surface area contributed by atoms with E-state index in [-0.39, 0.29) is 6.17 Å². The number of aliphatic imine (C=N–C) groups is 1. The molecule has 3 aromatic carbocycles. The second-order valence-electron chi connectivity index (χ2n) is 6.21. The molecular weight excluding hydrogens is 324 g/mol. The number of hydrogen-bond donors (Lipinski definition) is 2. The second kappa shape index (κ2) is 6.54. The van der Waals surface area contributed by atoms with Crippen LogP contribution in [0.1, 0.15) is 11.7 Å². The van der Waals surface area contributed by atoms with E-state index in [1.165, 1.54) is 0 Å². The summed E-state index contributed by atoms with van der Waals surface area (Å²) in [6, 6.07) is 23.7. The fraction of sp³-hybridized carbons (Fsp3) is 0.0952. The van der Waals surface area contributed by atoms with E-state index < -0.39 is 0 Å². The molecule has 5 nitrogen and oxygen atoms in total. The van der Waals surface area contributed by atoms with Crippen molar-refractivity contribution >= 4 is 11.6 Å². The molecule has 5 heteroatoms. The number of hydrogen-bond acceptors (Lipinski definition) is 5. The van der Waals surface area contributed by atoms with Crippen LogP contribution in [0.25, 0.3) is 11.1 Å². The van der Waals surface area contributed by atoms with Crippen molar-refractivity contribution < 1.29 is 4.74 Å².